The van der Waals surface area contributed by atoms with Gasteiger partial charge in [-0.05, 0) is 18.0 Å². The van der Waals surface area contributed by atoms with Crippen LogP contribution < -0.4 is 5.32 Å². The van der Waals surface area contributed by atoms with Gasteiger partial charge in [0.2, 0.25) is 0 Å². The molecule has 0 bridgehead atoms. The van der Waals surface area contributed by atoms with E-state index < -0.39 is 0 Å². The highest BCUT2D eigenvalue weighted by atomic mass is 16.3. The maximum atomic E-state index is 9.45. The lowest BCUT2D eigenvalue weighted by Gasteiger charge is -2.16. The van der Waals surface area contributed by atoms with Crippen molar-refractivity contribution in [2.24, 2.45) is 5.92 Å². The van der Waals surface area contributed by atoms with E-state index in [4.69, 9.17) is 0 Å². The third kappa shape index (κ3) is 5.33. The van der Waals surface area contributed by atoms with Gasteiger partial charge in [-0.2, -0.15) is 0 Å². The molecule has 2 N–H and O–H groups in total. The van der Waals surface area contributed by atoms with Crippen molar-refractivity contribution < 1.29 is 5.11 Å². The number of nitrogens with one attached hydrogen (secondary N) is 1. The summed E-state index contributed by atoms with van der Waals surface area (Å²) in [6.07, 6.45) is 4.68. The molecule has 0 aliphatic rings. The first kappa shape index (κ1) is 15.7. The molecule has 0 radical (unpaired) electrons. The van der Waals surface area contributed by atoms with Crippen LogP contribution in [0.2, 0.25) is 0 Å². The molecular weight excluding hydrogens is 262 g/mol. The molecule has 2 rings (SSSR count). The van der Waals surface area contributed by atoms with Gasteiger partial charge in [-0.3, -0.25) is 0 Å². The van der Waals surface area contributed by atoms with Gasteiger partial charge in [0.1, 0.15) is 0 Å². The van der Waals surface area contributed by atoms with Crippen LogP contribution in [0, 0.1) is 5.92 Å². The highest BCUT2D eigenvalue weighted by molar-refractivity contribution is 5.15. The third-order valence-corrected chi connectivity index (χ3v) is 3.39. The second kappa shape index (κ2) is 7.96. The van der Waals surface area contributed by atoms with Gasteiger partial charge >= 0.3 is 0 Å². The minimum absolute atomic E-state index is 0.0764. The van der Waals surface area contributed by atoms with Crippen LogP contribution in [-0.2, 0) is 13.0 Å². The lowest BCUT2D eigenvalue weighted by atomic mass is 10.1. The van der Waals surface area contributed by atoms with Crippen LogP contribution in [0.15, 0.2) is 42.9 Å². The van der Waals surface area contributed by atoms with E-state index in [9.17, 15) is 5.11 Å². The minimum Gasteiger partial charge on any atom is -0.395 e. The van der Waals surface area contributed by atoms with Crippen molar-refractivity contribution in [2.45, 2.75) is 32.9 Å². The maximum absolute atomic E-state index is 9.45. The van der Waals surface area contributed by atoms with E-state index in [1.54, 1.807) is 0 Å². The Morgan fingerprint density at radius 3 is 2.67 bits per heavy atom. The zero-order valence-electron chi connectivity index (χ0n) is 12.9. The maximum Gasteiger partial charge on any atom is 0.0952 e. The highest BCUT2D eigenvalue weighted by Crippen LogP contribution is 2.06. The summed E-state index contributed by atoms with van der Waals surface area (Å²) in [4.78, 5) is 4.44. The molecule has 0 saturated heterocycles. The van der Waals surface area contributed by atoms with Crippen LogP contribution in [-0.4, -0.2) is 33.9 Å². The second-order valence-electron chi connectivity index (χ2n) is 5.91. The Bertz CT molecular complexity index is 522. The van der Waals surface area contributed by atoms with Crippen LogP contribution >= 0.6 is 0 Å². The van der Waals surface area contributed by atoms with Crippen LogP contribution in [0.25, 0.3) is 0 Å². The van der Waals surface area contributed by atoms with E-state index in [1.807, 2.05) is 24.5 Å². The lowest BCUT2D eigenvalue weighted by Crippen LogP contribution is -2.36. The molecule has 1 atom stereocenters. The van der Waals surface area contributed by atoms with E-state index in [-0.39, 0.29) is 12.6 Å². The van der Waals surface area contributed by atoms with Crippen molar-refractivity contribution in [3.05, 3.63) is 54.1 Å². The number of aromatic nitrogens is 2. The topological polar surface area (TPSA) is 50.1 Å². The van der Waals surface area contributed by atoms with Gasteiger partial charge in [0.15, 0.2) is 0 Å². The molecule has 0 aliphatic heterocycles. The predicted molar refractivity (Wildman–Crippen MR) is 85.2 cm³/mol. The number of aliphatic hydroxyl groups is 1. The Morgan fingerprint density at radius 1 is 1.24 bits per heavy atom. The molecule has 0 spiro atoms. The lowest BCUT2D eigenvalue weighted by molar-refractivity contribution is 0.237. The summed E-state index contributed by atoms with van der Waals surface area (Å²) in [5.74, 6) is 0.578. The summed E-state index contributed by atoms with van der Waals surface area (Å²) in [7, 11) is 0. The molecule has 0 unspecified atom stereocenters. The van der Waals surface area contributed by atoms with Crippen molar-refractivity contribution in [3.63, 3.8) is 0 Å². The molecule has 1 aromatic heterocycles. The Kier molecular flexibility index (Phi) is 5.96. The molecule has 114 valence electrons. The zero-order valence-corrected chi connectivity index (χ0v) is 12.9. The average Bonchev–Trinajstić information content (AvgIpc) is 2.91. The molecule has 0 aliphatic carbocycles. The third-order valence-electron chi connectivity index (χ3n) is 3.39. The van der Waals surface area contributed by atoms with Crippen LogP contribution in [0.4, 0.5) is 0 Å². The van der Waals surface area contributed by atoms with Crippen molar-refractivity contribution in [1.29, 1.82) is 0 Å². The van der Waals surface area contributed by atoms with Crippen LogP contribution in [0.5, 0.6) is 0 Å². The first-order valence-corrected chi connectivity index (χ1v) is 7.56. The summed E-state index contributed by atoms with van der Waals surface area (Å²) in [6, 6.07) is 10.4. The standard InChI is InChI=1S/C17H25N3O/c1-14(2)9-18-17(12-21)8-16-11-20(13-19-16)10-15-6-4-3-5-7-15/h3-7,11,13-14,17-18,21H,8-10,12H2,1-2H3/t17-/m0/s1. The van der Waals surface area contributed by atoms with Gasteiger partial charge in [0.25, 0.3) is 0 Å². The monoisotopic (exact) mass is 287 g/mol. The normalized spacial score (nSPS) is 12.8. The molecule has 4 nitrogen and oxygen atoms in total. The van der Waals surface area contributed by atoms with Gasteiger partial charge in [0, 0.05) is 25.2 Å². The molecular formula is C17H25N3O. The summed E-state index contributed by atoms with van der Waals surface area (Å²) in [5.41, 5.74) is 2.28. The van der Waals surface area contributed by atoms with Gasteiger partial charge in [-0.15, -0.1) is 0 Å². The van der Waals surface area contributed by atoms with Crippen LogP contribution in [0.3, 0.4) is 0 Å². The number of benzene rings is 1. The number of aliphatic hydroxyl groups excluding tert-OH is 1. The first-order chi connectivity index (χ1) is 10.2. The van der Waals surface area contributed by atoms with Gasteiger partial charge in [0.05, 0.1) is 18.6 Å². The Morgan fingerprint density at radius 2 is 2.00 bits per heavy atom. The second-order valence-corrected chi connectivity index (χ2v) is 5.91. The molecule has 0 saturated carbocycles. The first-order valence-electron chi connectivity index (χ1n) is 7.56. The van der Waals surface area contributed by atoms with E-state index in [2.05, 4.69) is 47.0 Å². The number of nitrogens with zero attached hydrogens (tertiary/aromatic N) is 2. The van der Waals surface area contributed by atoms with E-state index in [0.29, 0.717) is 5.92 Å². The van der Waals surface area contributed by atoms with E-state index in [0.717, 1.165) is 25.2 Å². The number of hydrogen-bond donors (Lipinski definition) is 2. The molecule has 1 aromatic carbocycles. The van der Waals surface area contributed by atoms with Gasteiger partial charge < -0.3 is 15.0 Å². The summed E-state index contributed by atoms with van der Waals surface area (Å²) < 4.78 is 2.08. The molecule has 0 amide bonds. The predicted octanol–water partition coefficient (Wildman–Crippen LogP) is 2.08. The zero-order chi connectivity index (χ0) is 15.1. The molecule has 2 aromatic rings. The minimum atomic E-state index is 0.0764. The molecule has 21 heavy (non-hydrogen) atoms. The largest absolute Gasteiger partial charge is 0.395 e. The quantitative estimate of drug-likeness (QED) is 0.781. The van der Waals surface area contributed by atoms with Crippen molar-refractivity contribution in [3.8, 4) is 0 Å². The van der Waals surface area contributed by atoms with Crippen molar-refractivity contribution >= 4 is 0 Å². The van der Waals surface area contributed by atoms with Crippen molar-refractivity contribution in [1.82, 2.24) is 14.9 Å². The Balaban J connectivity index is 1.90. The fourth-order valence-electron chi connectivity index (χ4n) is 2.25. The molecule has 4 heteroatoms. The number of hydrogen-bond acceptors (Lipinski definition) is 3. The SMILES string of the molecule is CC(C)CN[C@H](CO)Cc1cn(Cc2ccccc2)cn1. The smallest absolute Gasteiger partial charge is 0.0952 e. The summed E-state index contributed by atoms with van der Waals surface area (Å²) in [5, 5.41) is 12.8. The van der Waals surface area contributed by atoms with Crippen molar-refractivity contribution in [2.75, 3.05) is 13.2 Å². The Labute approximate surface area is 126 Å². The van der Waals surface area contributed by atoms with Crippen LogP contribution in [0.1, 0.15) is 25.1 Å². The summed E-state index contributed by atoms with van der Waals surface area (Å²) >= 11 is 0. The van der Waals surface area contributed by atoms with Gasteiger partial charge in [-0.25, -0.2) is 4.98 Å². The fraction of sp³-hybridized carbons (Fsp3) is 0.471. The van der Waals surface area contributed by atoms with E-state index in [1.165, 1.54) is 5.56 Å². The van der Waals surface area contributed by atoms with E-state index >= 15 is 0 Å². The average molecular weight is 287 g/mol. The molecule has 1 heterocycles. The summed E-state index contributed by atoms with van der Waals surface area (Å²) in [6.45, 7) is 6.21. The number of imidazole rings is 1. The highest BCUT2D eigenvalue weighted by Gasteiger charge is 2.10. The number of rotatable bonds is 8. The molecule has 0 fully saturated rings. The Hall–Kier alpha value is -1.65. The van der Waals surface area contributed by atoms with Gasteiger partial charge in [-0.1, -0.05) is 44.2 Å². The fourth-order valence-corrected chi connectivity index (χ4v) is 2.25.